The van der Waals surface area contributed by atoms with Crippen LogP contribution in [0.4, 0.5) is 17.1 Å². The van der Waals surface area contributed by atoms with Gasteiger partial charge in [-0.1, -0.05) is 32.3 Å². The first-order chi connectivity index (χ1) is 10.2. The van der Waals surface area contributed by atoms with E-state index in [0.717, 1.165) is 6.42 Å². The van der Waals surface area contributed by atoms with E-state index >= 15 is 0 Å². The van der Waals surface area contributed by atoms with Gasteiger partial charge in [0.15, 0.2) is 0 Å². The number of hydrogen-bond acceptors (Lipinski definition) is 4. The van der Waals surface area contributed by atoms with E-state index in [1.807, 2.05) is 12.1 Å². The number of anilines is 2. The molecule has 21 heavy (non-hydrogen) atoms. The number of para-hydroxylation sites is 1. The van der Waals surface area contributed by atoms with Gasteiger partial charge >= 0.3 is 5.69 Å². The van der Waals surface area contributed by atoms with Gasteiger partial charge in [-0.05, 0) is 37.3 Å². The largest absolute Gasteiger partial charge is 0.382 e. The highest BCUT2D eigenvalue weighted by molar-refractivity contribution is 5.76. The van der Waals surface area contributed by atoms with Gasteiger partial charge in [0.1, 0.15) is 11.4 Å². The summed E-state index contributed by atoms with van der Waals surface area (Å²) in [7, 11) is 1.71. The number of nitro benzene ring substituents is 1. The second kappa shape index (κ2) is 7.29. The van der Waals surface area contributed by atoms with Gasteiger partial charge in [0.05, 0.1) is 4.92 Å². The molecular weight excluding hydrogens is 266 g/mol. The first kappa shape index (κ1) is 15.6. The van der Waals surface area contributed by atoms with Gasteiger partial charge in [0.25, 0.3) is 0 Å². The molecule has 1 aromatic rings. The van der Waals surface area contributed by atoms with Crippen LogP contribution < -0.4 is 10.6 Å². The van der Waals surface area contributed by atoms with Crippen molar-refractivity contribution in [1.82, 2.24) is 0 Å². The summed E-state index contributed by atoms with van der Waals surface area (Å²) in [5.41, 5.74) is 1.34. The maximum atomic E-state index is 11.4. The summed E-state index contributed by atoms with van der Waals surface area (Å²) in [4.78, 5) is 11.1. The zero-order valence-electron chi connectivity index (χ0n) is 12.9. The van der Waals surface area contributed by atoms with Gasteiger partial charge in [-0.2, -0.15) is 0 Å². The summed E-state index contributed by atoms with van der Waals surface area (Å²) in [6, 6.07) is 5.72. The third-order valence-corrected chi connectivity index (χ3v) is 4.49. The zero-order chi connectivity index (χ0) is 15.2. The molecule has 5 heteroatoms. The summed E-state index contributed by atoms with van der Waals surface area (Å²) in [5.74, 6) is 0.626. The molecule has 0 radical (unpaired) electrons. The molecule has 2 N–H and O–H groups in total. The van der Waals surface area contributed by atoms with Crippen LogP contribution in [-0.2, 0) is 0 Å². The lowest BCUT2D eigenvalue weighted by molar-refractivity contribution is -0.383. The average Bonchev–Trinajstić information content (AvgIpc) is 2.52. The predicted octanol–water partition coefficient (Wildman–Crippen LogP) is 4.41. The van der Waals surface area contributed by atoms with Crippen LogP contribution in [0.3, 0.4) is 0 Å². The van der Waals surface area contributed by atoms with E-state index in [1.165, 1.54) is 32.1 Å². The van der Waals surface area contributed by atoms with E-state index in [4.69, 9.17) is 0 Å². The third-order valence-electron chi connectivity index (χ3n) is 4.49. The summed E-state index contributed by atoms with van der Waals surface area (Å²) >= 11 is 0. The minimum absolute atomic E-state index is 0.147. The Morgan fingerprint density at radius 1 is 1.29 bits per heavy atom. The molecule has 2 rings (SSSR count). The molecule has 116 valence electrons. The van der Waals surface area contributed by atoms with Crippen LogP contribution >= 0.6 is 0 Å². The van der Waals surface area contributed by atoms with E-state index < -0.39 is 0 Å². The number of hydrogen-bond donors (Lipinski definition) is 2. The molecule has 0 spiro atoms. The van der Waals surface area contributed by atoms with E-state index in [0.29, 0.717) is 23.3 Å². The molecule has 0 bridgehead atoms. The van der Waals surface area contributed by atoms with Gasteiger partial charge in [-0.15, -0.1) is 0 Å². The van der Waals surface area contributed by atoms with Crippen molar-refractivity contribution >= 4 is 17.1 Å². The van der Waals surface area contributed by atoms with Crippen LogP contribution in [-0.4, -0.2) is 18.0 Å². The van der Waals surface area contributed by atoms with Crippen molar-refractivity contribution < 1.29 is 4.92 Å². The average molecular weight is 291 g/mol. The molecule has 0 aromatic heterocycles. The summed E-state index contributed by atoms with van der Waals surface area (Å²) < 4.78 is 0. The van der Waals surface area contributed by atoms with Crippen LogP contribution in [0.15, 0.2) is 18.2 Å². The van der Waals surface area contributed by atoms with E-state index in [-0.39, 0.29) is 10.6 Å². The van der Waals surface area contributed by atoms with Crippen molar-refractivity contribution in [3.05, 3.63) is 28.3 Å². The number of benzene rings is 1. The summed E-state index contributed by atoms with van der Waals surface area (Å²) in [6.45, 7) is 2.15. The van der Waals surface area contributed by atoms with Crippen molar-refractivity contribution in [2.24, 2.45) is 5.92 Å². The summed E-state index contributed by atoms with van der Waals surface area (Å²) in [6.07, 6.45) is 7.33. The first-order valence-corrected chi connectivity index (χ1v) is 7.89. The molecule has 1 saturated carbocycles. The lowest BCUT2D eigenvalue weighted by Crippen LogP contribution is -2.30. The third kappa shape index (κ3) is 3.65. The maximum absolute atomic E-state index is 11.4. The Morgan fingerprint density at radius 2 is 1.95 bits per heavy atom. The van der Waals surface area contributed by atoms with Crippen LogP contribution in [0.25, 0.3) is 0 Å². The Labute approximate surface area is 126 Å². The highest BCUT2D eigenvalue weighted by Crippen LogP contribution is 2.35. The monoisotopic (exact) mass is 291 g/mol. The number of nitrogens with zero attached hydrogens (tertiary/aromatic N) is 1. The fourth-order valence-corrected chi connectivity index (χ4v) is 3.35. The molecule has 1 unspecified atom stereocenters. The van der Waals surface area contributed by atoms with Crippen molar-refractivity contribution in [2.45, 2.75) is 51.5 Å². The molecule has 1 fully saturated rings. The lowest BCUT2D eigenvalue weighted by Gasteiger charge is -2.31. The second-order valence-electron chi connectivity index (χ2n) is 5.77. The Bertz CT molecular complexity index is 484. The fraction of sp³-hybridized carbons (Fsp3) is 0.625. The van der Waals surface area contributed by atoms with Gasteiger partial charge in [-0.25, -0.2) is 0 Å². The number of nitro groups is 1. The second-order valence-corrected chi connectivity index (χ2v) is 5.77. The van der Waals surface area contributed by atoms with Gasteiger partial charge < -0.3 is 10.6 Å². The molecule has 0 heterocycles. The smallest absolute Gasteiger partial charge is 0.315 e. The number of rotatable bonds is 6. The molecule has 5 nitrogen and oxygen atoms in total. The van der Waals surface area contributed by atoms with E-state index in [9.17, 15) is 10.1 Å². The quantitative estimate of drug-likeness (QED) is 0.602. The predicted molar refractivity (Wildman–Crippen MR) is 86.9 cm³/mol. The first-order valence-electron chi connectivity index (χ1n) is 7.89. The molecule has 1 aliphatic rings. The van der Waals surface area contributed by atoms with Crippen molar-refractivity contribution in [3.8, 4) is 0 Å². The Hall–Kier alpha value is -1.78. The summed E-state index contributed by atoms with van der Waals surface area (Å²) in [5, 5.41) is 17.7. The topological polar surface area (TPSA) is 67.2 Å². The normalized spacial score (nSPS) is 17.2. The fourth-order valence-electron chi connectivity index (χ4n) is 3.35. The Kier molecular flexibility index (Phi) is 5.42. The molecule has 1 aliphatic carbocycles. The molecule has 0 saturated heterocycles. The molecule has 0 amide bonds. The van der Waals surface area contributed by atoms with Gasteiger partial charge in [-0.3, -0.25) is 10.1 Å². The highest BCUT2D eigenvalue weighted by Gasteiger charge is 2.26. The Balaban J connectivity index is 2.22. The van der Waals surface area contributed by atoms with Crippen LogP contribution in [0, 0.1) is 16.0 Å². The minimum atomic E-state index is -0.304. The highest BCUT2D eigenvalue weighted by atomic mass is 16.6. The standard InChI is InChI=1S/C16H25N3O2/c1-3-13(12-8-5-4-6-9-12)18-15-11-7-10-14(17-2)16(15)19(20)21/h7,10-13,17-18H,3-6,8-9H2,1-2H3. The maximum Gasteiger partial charge on any atom is 0.315 e. The van der Waals surface area contributed by atoms with Crippen LogP contribution in [0.5, 0.6) is 0 Å². The van der Waals surface area contributed by atoms with Gasteiger partial charge in [0.2, 0.25) is 0 Å². The van der Waals surface area contributed by atoms with Crippen LogP contribution in [0.1, 0.15) is 45.4 Å². The van der Waals surface area contributed by atoms with Crippen LogP contribution in [0.2, 0.25) is 0 Å². The molecule has 0 aliphatic heterocycles. The zero-order valence-corrected chi connectivity index (χ0v) is 12.9. The SMILES string of the molecule is CCC(Nc1cccc(NC)c1[N+](=O)[O-])C1CCCCC1. The number of nitrogens with one attached hydrogen (secondary N) is 2. The minimum Gasteiger partial charge on any atom is -0.382 e. The lowest BCUT2D eigenvalue weighted by atomic mass is 9.83. The van der Waals surface area contributed by atoms with Gasteiger partial charge in [0, 0.05) is 13.1 Å². The van der Waals surface area contributed by atoms with E-state index in [1.54, 1.807) is 13.1 Å². The van der Waals surface area contributed by atoms with Crippen molar-refractivity contribution in [3.63, 3.8) is 0 Å². The molecule has 1 atom stereocenters. The van der Waals surface area contributed by atoms with Crippen molar-refractivity contribution in [1.29, 1.82) is 0 Å². The molecular formula is C16H25N3O2. The van der Waals surface area contributed by atoms with Crippen molar-refractivity contribution in [2.75, 3.05) is 17.7 Å². The molecule has 1 aromatic carbocycles. The van der Waals surface area contributed by atoms with E-state index in [2.05, 4.69) is 17.6 Å². The Morgan fingerprint density at radius 3 is 2.52 bits per heavy atom.